The quantitative estimate of drug-likeness (QED) is 0.0850. The van der Waals surface area contributed by atoms with Gasteiger partial charge in [-0.25, -0.2) is 19.4 Å². The van der Waals surface area contributed by atoms with Crippen LogP contribution in [0.1, 0.15) is 181 Å². The van der Waals surface area contributed by atoms with E-state index in [1.807, 2.05) is 221 Å². The van der Waals surface area contributed by atoms with E-state index in [9.17, 15) is 0 Å². The van der Waals surface area contributed by atoms with Crippen LogP contribution in [0.2, 0.25) is 0 Å². The lowest BCUT2D eigenvalue weighted by Gasteiger charge is -2.19. The van der Waals surface area contributed by atoms with Gasteiger partial charge < -0.3 is 17.7 Å². The molecule has 0 aliphatic carbocycles. The summed E-state index contributed by atoms with van der Waals surface area (Å²) >= 11 is 0. The third kappa shape index (κ3) is 16.8. The SMILES string of the molecule is [2H]c1c([2H])c([2H])c(-c2c([N+]#[C-])ccc3c2oc2c(-c4ccc(C([2H])(C)C([2H])([2H])[2H])c(C)[n+]4C)c(C)ccc23)c([2H])c1[2H].[2H]c1c([2H])c([2H])c(-c2c([N+]#[C-])ccc3c2oc2c(-c4ccc(C([2H])(C)C)c(C)[n+]4C)c(C)ccc23)c([2H])c1[2H].[2H]c1c([2H])c([2H])c(-c2c([N+]#[C-])ccc3c2oc2c(-c4ccc(C([2H])([2H])C(C)(C)C)c(C)[n+]4C)c(C)ccc23)c([2H])c1[2H].[2H]c1c([2H])c([2H])c(-c2c([N+]#[C-])ccc3c2oc2c(-c4ccc(C([2H])([2H])C(C)C)c(C)[n+]4C)c(C)ccc23)c([2H])c1[2H]. The number of hydrogen-bond donors (Lipinski definition) is 0. The first-order valence-corrected chi connectivity index (χ1v) is 43.9. The Labute approximate surface area is 833 Å². The Bertz CT molecular complexity index is 9710. The highest BCUT2D eigenvalue weighted by molar-refractivity contribution is 6.19. The van der Waals surface area contributed by atoms with Gasteiger partial charge in [-0.3, -0.25) is 0 Å². The molecule has 0 spiro atoms. The first-order chi connectivity index (χ1) is 76.6. The van der Waals surface area contributed by atoms with Crippen LogP contribution in [-0.4, -0.2) is 0 Å². The Morgan fingerprint density at radius 3 is 0.800 bits per heavy atom. The van der Waals surface area contributed by atoms with Crippen molar-refractivity contribution < 1.29 is 75.7 Å². The second-order valence-corrected chi connectivity index (χ2v) is 35.1. The molecule has 0 saturated carbocycles. The maximum Gasteiger partial charge on any atom is 0.216 e. The zero-order valence-electron chi connectivity index (χ0n) is 108. The summed E-state index contributed by atoms with van der Waals surface area (Å²) in [7, 11) is 7.53. The molecule has 0 fully saturated rings. The molecule has 12 aromatic carbocycles. The van der Waals surface area contributed by atoms with Crippen molar-refractivity contribution in [2.75, 3.05) is 0 Å². The van der Waals surface area contributed by atoms with Crippen molar-refractivity contribution in [1.82, 2.24) is 0 Å². The number of nitrogens with zero attached hydrogens (tertiary/aromatic N) is 8. The zero-order chi connectivity index (χ0) is 121. The van der Waals surface area contributed by atoms with Gasteiger partial charge in [-0.15, -0.1) is 0 Å². The molecule has 0 N–H and O–H groups in total. The minimum atomic E-state index is -2.54. The number of hydrogen-bond acceptors (Lipinski definition) is 4. The predicted molar refractivity (Wildman–Crippen MR) is 556 cm³/mol. The Morgan fingerprint density at radius 1 is 0.311 bits per heavy atom. The van der Waals surface area contributed by atoms with E-state index in [2.05, 4.69) is 19.4 Å². The topological polar surface area (TPSA) is 85.5 Å². The number of aromatic nitrogens is 4. The predicted octanol–water partition coefficient (Wildman–Crippen LogP) is 32.7. The van der Waals surface area contributed by atoms with E-state index >= 15 is 0 Å². The van der Waals surface area contributed by atoms with Crippen molar-refractivity contribution in [3.63, 3.8) is 0 Å². The molecule has 1 atom stereocenters. The first kappa shape index (κ1) is 61.9. The third-order valence-electron chi connectivity index (χ3n) is 25.0. The molecule has 135 heavy (non-hydrogen) atoms. The molecule has 0 radical (unpaired) electrons. The largest absolute Gasteiger partial charge is 0.456 e. The van der Waals surface area contributed by atoms with Crippen molar-refractivity contribution in [3.8, 4) is 89.5 Å². The van der Waals surface area contributed by atoms with Crippen LogP contribution in [-0.2, 0) is 40.9 Å². The molecule has 0 aliphatic heterocycles. The highest BCUT2D eigenvalue weighted by atomic mass is 16.3. The summed E-state index contributed by atoms with van der Waals surface area (Å²) in [6.45, 7) is 58.4. The van der Waals surface area contributed by atoms with E-state index in [0.717, 1.165) is 94.8 Å². The summed E-state index contributed by atoms with van der Waals surface area (Å²) in [5.41, 5.74) is 18.9. The summed E-state index contributed by atoms with van der Waals surface area (Å²) in [6, 6.07) is 34.5. The van der Waals surface area contributed by atoms with Crippen LogP contribution in [0.5, 0.6) is 0 Å². The van der Waals surface area contributed by atoms with Gasteiger partial charge >= 0.3 is 0 Å². The van der Waals surface area contributed by atoms with Gasteiger partial charge in [0.1, 0.15) is 72.9 Å². The lowest BCUT2D eigenvalue weighted by Crippen LogP contribution is -2.36. The monoisotopic (exact) mass is 1800 g/mol. The van der Waals surface area contributed by atoms with Gasteiger partial charge in [0.05, 0.1) is 76.0 Å². The third-order valence-corrected chi connectivity index (χ3v) is 25.0. The summed E-state index contributed by atoms with van der Waals surface area (Å²) in [4.78, 5) is 14.5. The van der Waals surface area contributed by atoms with E-state index in [-0.39, 0.29) is 102 Å². The van der Waals surface area contributed by atoms with Crippen LogP contribution < -0.4 is 18.3 Å². The smallest absolute Gasteiger partial charge is 0.216 e. The normalized spacial score (nSPS) is 15.4. The average molecular weight is 1800 g/mol. The van der Waals surface area contributed by atoms with Gasteiger partial charge in [0.2, 0.25) is 22.8 Å². The molecular weight excluding hydrogens is 1650 g/mol. The molecule has 12 nitrogen and oxygen atoms in total. The van der Waals surface area contributed by atoms with Crippen molar-refractivity contribution in [3.05, 3.63) is 379 Å². The Hall–Kier alpha value is -15.6. The summed E-state index contributed by atoms with van der Waals surface area (Å²) < 4.78 is 276. The van der Waals surface area contributed by atoms with Crippen molar-refractivity contribution in [1.29, 1.82) is 0 Å². The van der Waals surface area contributed by atoms with E-state index in [0.29, 0.717) is 88.5 Å². The van der Waals surface area contributed by atoms with Gasteiger partial charge in [-0.05, 0) is 132 Å². The summed E-state index contributed by atoms with van der Waals surface area (Å²) in [5, 5.41) is 5.60. The van der Waals surface area contributed by atoms with Crippen LogP contribution in [0.25, 0.3) is 197 Å². The highest BCUT2D eigenvalue weighted by Crippen LogP contribution is 2.51. The molecule has 20 aromatic rings. The molecule has 12 heteroatoms. The molecule has 0 amide bonds. The molecule has 0 saturated heterocycles. The number of pyridine rings is 4. The van der Waals surface area contributed by atoms with Gasteiger partial charge in [-0.2, -0.15) is 18.3 Å². The van der Waals surface area contributed by atoms with Gasteiger partial charge in [0, 0.05) is 152 Å². The van der Waals surface area contributed by atoms with Gasteiger partial charge in [0.25, 0.3) is 0 Å². The zero-order valence-corrected chi connectivity index (χ0v) is 78.6. The number of furan rings is 4. The summed E-state index contributed by atoms with van der Waals surface area (Å²) in [5.74, 6) is -2.82. The fourth-order valence-electron chi connectivity index (χ4n) is 18.0. The van der Waals surface area contributed by atoms with Crippen LogP contribution in [0, 0.1) is 93.0 Å². The van der Waals surface area contributed by atoms with E-state index in [1.54, 1.807) is 74.6 Å². The molecule has 20 rings (SSSR count). The maximum absolute atomic E-state index is 8.84. The Balaban J connectivity index is 0.000000146. The average Bonchev–Trinajstić information content (AvgIpc) is 1.58. The standard InChI is InChI=1S/C32H31N2O.C31H29N2O.2C30H27N2O/c1-20-13-15-24-25-16-17-26(33-6)29(22-11-9-8-10-12-22)31(25)35-30(24)28(20)27-18-14-23(19-32(3,4)5)21(2)34(27)7;1-19(2)18-23-13-17-27(33(6)21(23)4)28-20(3)12-14-24-25-15-16-26(32-5)29(31(25)34-30(24)28)22-10-8-7-9-11-22;2*1-18(2)22-15-17-26(32(6)20(22)4)27-19(3)12-13-23-24-14-16-25(31-5)28(30(24)33-29(23)27)21-10-8-7-9-11-21/h8-18H,19H2,1-5,7H3;7-17,19H,18H2,1-4,6H3;2*7-18H,1-4,6H3/q4*+1/i8D,9D,10D,11D,12D,19D2;7D,8D,9D,10D,11D,18D2;1D3,7D,8D,9D,10D,11D,18D;7D,8D,9D,10D,11D,18D. The highest BCUT2D eigenvalue weighted by Gasteiger charge is 2.33. The van der Waals surface area contributed by atoms with Crippen LogP contribution in [0.3, 0.4) is 0 Å². The van der Waals surface area contributed by atoms with Crippen molar-refractivity contribution in [2.45, 2.75) is 142 Å². The van der Waals surface area contributed by atoms with Crippen LogP contribution >= 0.6 is 0 Å². The van der Waals surface area contributed by atoms with Gasteiger partial charge in [0.15, 0.2) is 45.5 Å². The van der Waals surface area contributed by atoms with Gasteiger partial charge in [-0.1, -0.05) is 280 Å². The van der Waals surface area contributed by atoms with E-state index in [4.69, 9.17) is 83.7 Å². The molecule has 8 heterocycles. The Morgan fingerprint density at radius 2 is 0.548 bits per heavy atom. The molecule has 1 unspecified atom stereocenters. The second kappa shape index (κ2) is 37.2. The fraction of sp³-hybridized carbons (Fsp3) is 0.220. The van der Waals surface area contributed by atoms with Crippen LogP contribution in [0.15, 0.2) is 284 Å². The lowest BCUT2D eigenvalue weighted by atomic mass is 9.87. The minimum Gasteiger partial charge on any atom is -0.456 e. The van der Waals surface area contributed by atoms with Crippen molar-refractivity contribution >= 4 is 111 Å². The first-order valence-electron chi connectivity index (χ1n) is 58.4. The number of aryl methyl sites for hydroxylation is 4. The van der Waals surface area contributed by atoms with Crippen LogP contribution in [0.4, 0.5) is 22.7 Å². The summed E-state index contributed by atoms with van der Waals surface area (Å²) in [6.07, 6.45) is -3.10. The number of benzene rings is 12. The second-order valence-electron chi connectivity index (χ2n) is 35.1. The fourth-order valence-corrected chi connectivity index (χ4v) is 18.0. The van der Waals surface area contributed by atoms with E-state index in [1.165, 1.54) is 6.92 Å². The molecule has 0 aliphatic rings. The van der Waals surface area contributed by atoms with E-state index < -0.39 is 146 Å². The number of rotatable bonds is 13. The number of fused-ring (bicyclic) bond motifs is 12. The minimum absolute atomic E-state index is 0.0571. The molecular formula is C123H114N8O4+4. The van der Waals surface area contributed by atoms with Crippen molar-refractivity contribution in [2.24, 2.45) is 39.5 Å². The molecule has 8 aromatic heterocycles. The molecule has 0 bridgehead atoms. The molecule has 666 valence electrons. The Kier molecular flexibility index (Phi) is 17.1. The maximum atomic E-state index is 8.84. The lowest BCUT2D eigenvalue weighted by molar-refractivity contribution is -0.667.